The Labute approximate surface area is 120 Å². The summed E-state index contributed by atoms with van der Waals surface area (Å²) in [5.74, 6) is 0.958. The summed E-state index contributed by atoms with van der Waals surface area (Å²) in [5, 5.41) is 0. The topological polar surface area (TPSA) is 39.4 Å². The van der Waals surface area contributed by atoms with E-state index in [4.69, 9.17) is 9.15 Å². The highest BCUT2D eigenvalue weighted by atomic mass is 79.9. The maximum atomic E-state index is 12.1. The van der Waals surface area contributed by atoms with Gasteiger partial charge in [-0.25, -0.2) is 0 Å². The molecule has 0 atom stereocenters. The molecule has 2 aromatic rings. The molecule has 3 nitrogen and oxygen atoms in total. The van der Waals surface area contributed by atoms with Gasteiger partial charge in [0.05, 0.1) is 17.3 Å². The van der Waals surface area contributed by atoms with E-state index >= 15 is 0 Å². The van der Waals surface area contributed by atoms with Gasteiger partial charge in [0.15, 0.2) is 5.76 Å². The number of furan rings is 1. The normalized spacial score (nSPS) is 10.4. The average Bonchev–Trinajstić information content (AvgIpc) is 2.85. The van der Waals surface area contributed by atoms with E-state index in [1.807, 2.05) is 0 Å². The molecule has 2 rings (SSSR count). The number of ether oxygens (including phenoxy) is 1. The van der Waals surface area contributed by atoms with Crippen molar-refractivity contribution in [2.75, 3.05) is 6.61 Å². The van der Waals surface area contributed by atoms with Crippen molar-refractivity contribution in [2.24, 2.45) is 0 Å². The molecule has 0 fully saturated rings. The molecular weight excluding hydrogens is 308 g/mol. The molecule has 0 aliphatic rings. The Kier molecular flexibility index (Phi) is 4.80. The fourth-order valence-corrected chi connectivity index (χ4v) is 2.01. The van der Waals surface area contributed by atoms with Gasteiger partial charge in [-0.15, -0.1) is 0 Å². The molecule has 1 heterocycles. The molecule has 0 aliphatic heterocycles. The number of unbranched alkanes of at least 4 members (excludes halogenated alkanes) is 1. The Morgan fingerprint density at radius 1 is 1.26 bits per heavy atom. The first-order chi connectivity index (χ1) is 9.22. The maximum absolute atomic E-state index is 12.1. The van der Waals surface area contributed by atoms with Gasteiger partial charge in [0.1, 0.15) is 5.75 Å². The van der Waals surface area contributed by atoms with Gasteiger partial charge in [-0.3, -0.25) is 4.79 Å². The minimum absolute atomic E-state index is 0.142. The molecule has 0 saturated carbocycles. The van der Waals surface area contributed by atoms with E-state index in [9.17, 15) is 4.79 Å². The first-order valence-electron chi connectivity index (χ1n) is 6.23. The minimum Gasteiger partial charge on any atom is -0.494 e. The molecule has 0 saturated heterocycles. The number of hydrogen-bond acceptors (Lipinski definition) is 3. The van der Waals surface area contributed by atoms with Gasteiger partial charge >= 0.3 is 0 Å². The summed E-state index contributed by atoms with van der Waals surface area (Å²) in [6.07, 6.45) is 3.61. The lowest BCUT2D eigenvalue weighted by Gasteiger charge is -2.05. The highest BCUT2D eigenvalue weighted by Crippen LogP contribution is 2.22. The van der Waals surface area contributed by atoms with E-state index in [0.29, 0.717) is 22.4 Å². The van der Waals surface area contributed by atoms with E-state index in [2.05, 4.69) is 22.9 Å². The van der Waals surface area contributed by atoms with Crippen molar-refractivity contribution in [1.82, 2.24) is 0 Å². The van der Waals surface area contributed by atoms with Gasteiger partial charge in [0, 0.05) is 5.56 Å². The molecule has 4 heteroatoms. The summed E-state index contributed by atoms with van der Waals surface area (Å²) < 4.78 is 11.4. The van der Waals surface area contributed by atoms with E-state index in [0.717, 1.165) is 18.6 Å². The number of rotatable bonds is 6. The second-order valence-electron chi connectivity index (χ2n) is 4.15. The average molecular weight is 323 g/mol. The van der Waals surface area contributed by atoms with Crippen LogP contribution in [-0.4, -0.2) is 12.4 Å². The molecule has 19 heavy (non-hydrogen) atoms. The van der Waals surface area contributed by atoms with Crippen molar-refractivity contribution in [3.63, 3.8) is 0 Å². The van der Waals surface area contributed by atoms with Gasteiger partial charge in [-0.2, -0.15) is 0 Å². The smallest absolute Gasteiger partial charge is 0.229 e. The molecule has 1 aromatic carbocycles. The van der Waals surface area contributed by atoms with Crippen LogP contribution < -0.4 is 4.74 Å². The van der Waals surface area contributed by atoms with Crippen molar-refractivity contribution in [3.8, 4) is 5.75 Å². The van der Waals surface area contributed by atoms with E-state index in [-0.39, 0.29) is 5.78 Å². The number of carbonyl (C=O) groups is 1. The SMILES string of the molecule is CCCCOc1ccc(C(=O)c2occc2Br)cc1. The Morgan fingerprint density at radius 3 is 2.58 bits per heavy atom. The van der Waals surface area contributed by atoms with Gasteiger partial charge in [-0.1, -0.05) is 13.3 Å². The van der Waals surface area contributed by atoms with E-state index in [1.165, 1.54) is 6.26 Å². The first kappa shape index (κ1) is 13.9. The number of benzene rings is 1. The summed E-state index contributed by atoms with van der Waals surface area (Å²) in [6.45, 7) is 2.82. The molecule has 0 unspecified atom stereocenters. The molecule has 0 bridgehead atoms. The molecular formula is C15H15BrO3. The van der Waals surface area contributed by atoms with Crippen LogP contribution in [0.5, 0.6) is 5.75 Å². The predicted octanol–water partition coefficient (Wildman–Crippen LogP) is 4.45. The molecule has 0 amide bonds. The zero-order chi connectivity index (χ0) is 13.7. The zero-order valence-electron chi connectivity index (χ0n) is 10.7. The summed E-state index contributed by atoms with van der Waals surface area (Å²) in [4.78, 5) is 12.1. The van der Waals surface area contributed by atoms with Crippen molar-refractivity contribution in [2.45, 2.75) is 19.8 Å². The van der Waals surface area contributed by atoms with Crippen LogP contribution in [0.4, 0.5) is 0 Å². The highest BCUT2D eigenvalue weighted by Gasteiger charge is 2.15. The monoisotopic (exact) mass is 322 g/mol. The van der Waals surface area contributed by atoms with Crippen molar-refractivity contribution in [3.05, 3.63) is 52.4 Å². The van der Waals surface area contributed by atoms with Crippen LogP contribution in [-0.2, 0) is 0 Å². The van der Waals surface area contributed by atoms with E-state index < -0.39 is 0 Å². The predicted molar refractivity (Wildman–Crippen MR) is 76.7 cm³/mol. The summed E-state index contributed by atoms with van der Waals surface area (Å²) in [6, 6.07) is 8.81. The largest absolute Gasteiger partial charge is 0.494 e. The molecule has 0 spiro atoms. The van der Waals surface area contributed by atoms with E-state index in [1.54, 1.807) is 30.3 Å². The van der Waals surface area contributed by atoms with Crippen molar-refractivity contribution in [1.29, 1.82) is 0 Å². The zero-order valence-corrected chi connectivity index (χ0v) is 12.3. The third-order valence-corrected chi connectivity index (χ3v) is 3.33. The summed E-state index contributed by atoms with van der Waals surface area (Å²) >= 11 is 3.28. The van der Waals surface area contributed by atoms with Crippen LogP contribution in [0.25, 0.3) is 0 Å². The standard InChI is InChI=1S/C15H15BrO3/c1-2-3-9-18-12-6-4-11(5-7-12)14(17)15-13(16)8-10-19-15/h4-8,10H,2-3,9H2,1H3. The number of carbonyl (C=O) groups excluding carboxylic acids is 1. The fraction of sp³-hybridized carbons (Fsp3) is 0.267. The molecule has 0 N–H and O–H groups in total. The number of hydrogen-bond donors (Lipinski definition) is 0. The molecule has 0 radical (unpaired) electrons. The van der Waals surface area contributed by atoms with Crippen LogP contribution in [0.1, 0.15) is 35.9 Å². The third-order valence-electron chi connectivity index (χ3n) is 2.71. The summed E-state index contributed by atoms with van der Waals surface area (Å²) in [7, 11) is 0. The van der Waals surface area contributed by atoms with Crippen LogP contribution in [0.15, 0.2) is 45.5 Å². The maximum Gasteiger partial charge on any atom is 0.229 e. The number of ketones is 1. The first-order valence-corrected chi connectivity index (χ1v) is 7.02. The third kappa shape index (κ3) is 3.47. The van der Waals surface area contributed by atoms with Crippen molar-refractivity contribution >= 4 is 21.7 Å². The Morgan fingerprint density at radius 2 is 2.00 bits per heavy atom. The Balaban J connectivity index is 2.06. The lowest BCUT2D eigenvalue weighted by molar-refractivity contribution is 0.101. The van der Waals surface area contributed by atoms with Crippen molar-refractivity contribution < 1.29 is 13.9 Å². The lowest BCUT2D eigenvalue weighted by Crippen LogP contribution is -2.01. The highest BCUT2D eigenvalue weighted by molar-refractivity contribution is 9.10. The molecule has 0 aliphatic carbocycles. The lowest BCUT2D eigenvalue weighted by atomic mass is 10.1. The minimum atomic E-state index is -0.142. The van der Waals surface area contributed by atoms with Gasteiger partial charge < -0.3 is 9.15 Å². The van der Waals surface area contributed by atoms with Crippen LogP contribution in [0, 0.1) is 0 Å². The van der Waals surface area contributed by atoms with Crippen LogP contribution >= 0.6 is 15.9 Å². The Bertz CT molecular complexity index is 543. The summed E-state index contributed by atoms with van der Waals surface area (Å²) in [5.41, 5.74) is 0.582. The quantitative estimate of drug-likeness (QED) is 0.582. The number of halogens is 1. The Hall–Kier alpha value is -1.55. The van der Waals surface area contributed by atoms with Gasteiger partial charge in [0.25, 0.3) is 0 Å². The second-order valence-corrected chi connectivity index (χ2v) is 5.01. The second kappa shape index (κ2) is 6.57. The van der Waals surface area contributed by atoms with Crippen LogP contribution in [0.3, 0.4) is 0 Å². The molecule has 1 aromatic heterocycles. The van der Waals surface area contributed by atoms with Crippen LogP contribution in [0.2, 0.25) is 0 Å². The fourth-order valence-electron chi connectivity index (χ4n) is 1.62. The van der Waals surface area contributed by atoms with Gasteiger partial charge in [-0.05, 0) is 52.7 Å². The van der Waals surface area contributed by atoms with Gasteiger partial charge in [0.2, 0.25) is 5.78 Å². The molecule has 100 valence electrons.